The van der Waals surface area contributed by atoms with Crippen molar-refractivity contribution >= 4 is 18.3 Å². The number of carbonyl (C=O) groups is 1. The van der Waals surface area contributed by atoms with Crippen LogP contribution in [0.4, 0.5) is 0 Å². The SMILES string of the molecule is CC(C)CCCNC(=O)C1COCCN1.Cl. The Bertz CT molecular complexity index is 194. The number of nitrogens with one attached hydrogen (secondary N) is 2. The third kappa shape index (κ3) is 6.30. The van der Waals surface area contributed by atoms with Crippen LogP contribution in [0.1, 0.15) is 26.7 Å². The summed E-state index contributed by atoms with van der Waals surface area (Å²) < 4.78 is 5.22. The van der Waals surface area contributed by atoms with Crippen molar-refractivity contribution in [3.8, 4) is 0 Å². The Kier molecular flexibility index (Phi) is 8.61. The first-order chi connectivity index (χ1) is 7.20. The van der Waals surface area contributed by atoms with E-state index in [1.807, 2.05) is 0 Å². The van der Waals surface area contributed by atoms with Gasteiger partial charge in [0, 0.05) is 13.1 Å². The molecule has 1 saturated heterocycles. The van der Waals surface area contributed by atoms with Crippen LogP contribution in [0.5, 0.6) is 0 Å². The zero-order chi connectivity index (χ0) is 11.1. The molecule has 0 radical (unpaired) electrons. The van der Waals surface area contributed by atoms with E-state index in [-0.39, 0.29) is 24.4 Å². The molecule has 16 heavy (non-hydrogen) atoms. The van der Waals surface area contributed by atoms with Gasteiger partial charge in [-0.1, -0.05) is 13.8 Å². The first-order valence-corrected chi connectivity index (χ1v) is 5.79. The summed E-state index contributed by atoms with van der Waals surface area (Å²) in [4.78, 5) is 11.6. The predicted molar refractivity (Wildman–Crippen MR) is 66.9 cm³/mol. The summed E-state index contributed by atoms with van der Waals surface area (Å²) in [6, 6.07) is -0.155. The number of hydrogen-bond acceptors (Lipinski definition) is 3. The minimum absolute atomic E-state index is 0. The summed E-state index contributed by atoms with van der Waals surface area (Å²) in [6.45, 7) is 7.13. The van der Waals surface area contributed by atoms with Crippen LogP contribution in [0.25, 0.3) is 0 Å². The molecule has 1 aliphatic heterocycles. The largest absolute Gasteiger partial charge is 0.378 e. The molecule has 1 aliphatic rings. The Labute approximate surface area is 104 Å². The molecule has 0 aromatic rings. The first-order valence-electron chi connectivity index (χ1n) is 5.79. The molecule has 0 spiro atoms. The van der Waals surface area contributed by atoms with Gasteiger partial charge in [-0.2, -0.15) is 0 Å². The summed E-state index contributed by atoms with van der Waals surface area (Å²) in [6.07, 6.45) is 2.21. The molecule has 2 N–H and O–H groups in total. The van der Waals surface area contributed by atoms with Gasteiger partial charge >= 0.3 is 0 Å². The molecule has 4 nitrogen and oxygen atoms in total. The van der Waals surface area contributed by atoms with Gasteiger partial charge in [-0.25, -0.2) is 0 Å². The van der Waals surface area contributed by atoms with Crippen molar-refractivity contribution < 1.29 is 9.53 Å². The predicted octanol–water partition coefficient (Wildman–Crippen LogP) is 0.949. The van der Waals surface area contributed by atoms with Crippen LogP contribution in [0.15, 0.2) is 0 Å². The molecule has 0 aromatic carbocycles. The van der Waals surface area contributed by atoms with E-state index >= 15 is 0 Å². The fourth-order valence-corrected chi connectivity index (χ4v) is 1.58. The van der Waals surface area contributed by atoms with Crippen molar-refractivity contribution in [3.05, 3.63) is 0 Å². The molecule has 96 valence electrons. The van der Waals surface area contributed by atoms with E-state index in [1.165, 1.54) is 0 Å². The van der Waals surface area contributed by atoms with Gasteiger partial charge in [0.15, 0.2) is 0 Å². The second-order valence-electron chi connectivity index (χ2n) is 4.41. The zero-order valence-electron chi connectivity index (χ0n) is 10.1. The van der Waals surface area contributed by atoms with Crippen LogP contribution in [0.3, 0.4) is 0 Å². The minimum atomic E-state index is -0.155. The summed E-state index contributed by atoms with van der Waals surface area (Å²) in [5, 5.41) is 6.06. The molecule has 0 aliphatic carbocycles. The van der Waals surface area contributed by atoms with E-state index in [0.29, 0.717) is 19.1 Å². The summed E-state index contributed by atoms with van der Waals surface area (Å²) in [7, 11) is 0. The number of halogens is 1. The van der Waals surface area contributed by atoms with E-state index < -0.39 is 0 Å². The fourth-order valence-electron chi connectivity index (χ4n) is 1.58. The molecular formula is C11H23ClN2O2. The maximum atomic E-state index is 11.6. The van der Waals surface area contributed by atoms with Gasteiger partial charge in [-0.05, 0) is 18.8 Å². The van der Waals surface area contributed by atoms with Crippen molar-refractivity contribution in [2.75, 3.05) is 26.3 Å². The number of ether oxygens (including phenoxy) is 1. The maximum Gasteiger partial charge on any atom is 0.239 e. The fraction of sp³-hybridized carbons (Fsp3) is 0.909. The summed E-state index contributed by atoms with van der Waals surface area (Å²) in [5.74, 6) is 0.775. The Morgan fingerprint density at radius 1 is 1.56 bits per heavy atom. The number of amides is 1. The van der Waals surface area contributed by atoms with E-state index in [1.54, 1.807) is 0 Å². The highest BCUT2D eigenvalue weighted by molar-refractivity contribution is 5.85. The second-order valence-corrected chi connectivity index (χ2v) is 4.41. The second kappa shape index (κ2) is 8.79. The van der Waals surface area contributed by atoms with Crippen molar-refractivity contribution in [2.45, 2.75) is 32.7 Å². The normalized spacial score (nSPS) is 20.3. The lowest BCUT2D eigenvalue weighted by Crippen LogP contribution is -2.51. The zero-order valence-corrected chi connectivity index (χ0v) is 10.9. The minimum Gasteiger partial charge on any atom is -0.378 e. The molecule has 1 amide bonds. The smallest absolute Gasteiger partial charge is 0.239 e. The molecule has 1 rings (SSSR count). The van der Waals surface area contributed by atoms with Crippen molar-refractivity contribution in [1.82, 2.24) is 10.6 Å². The average molecular weight is 251 g/mol. The number of rotatable bonds is 5. The lowest BCUT2D eigenvalue weighted by Gasteiger charge is -2.22. The number of hydrogen-bond donors (Lipinski definition) is 2. The molecule has 1 atom stereocenters. The number of carbonyl (C=O) groups excluding carboxylic acids is 1. The summed E-state index contributed by atoms with van der Waals surface area (Å²) >= 11 is 0. The molecular weight excluding hydrogens is 228 g/mol. The molecule has 1 unspecified atom stereocenters. The first kappa shape index (κ1) is 15.7. The maximum absolute atomic E-state index is 11.6. The standard InChI is InChI=1S/C11H22N2O2.ClH/c1-9(2)4-3-5-13-11(14)10-8-15-7-6-12-10;/h9-10,12H,3-8H2,1-2H3,(H,13,14);1H. The number of morpholine rings is 1. The molecule has 1 fully saturated rings. The molecule has 0 bridgehead atoms. The van der Waals surface area contributed by atoms with Gasteiger partial charge in [0.2, 0.25) is 5.91 Å². The molecule has 1 heterocycles. The quantitative estimate of drug-likeness (QED) is 0.715. The highest BCUT2D eigenvalue weighted by Gasteiger charge is 2.20. The van der Waals surface area contributed by atoms with Crippen molar-refractivity contribution in [3.63, 3.8) is 0 Å². The Balaban J connectivity index is 0.00000225. The highest BCUT2D eigenvalue weighted by Crippen LogP contribution is 2.02. The Morgan fingerprint density at radius 2 is 2.31 bits per heavy atom. The Morgan fingerprint density at radius 3 is 2.88 bits per heavy atom. The van der Waals surface area contributed by atoms with Crippen molar-refractivity contribution in [1.29, 1.82) is 0 Å². The lowest BCUT2D eigenvalue weighted by molar-refractivity contribution is -0.125. The third-order valence-electron chi connectivity index (χ3n) is 2.50. The van der Waals surface area contributed by atoms with Gasteiger partial charge in [0.1, 0.15) is 6.04 Å². The van der Waals surface area contributed by atoms with Gasteiger partial charge < -0.3 is 15.4 Å². The topological polar surface area (TPSA) is 50.4 Å². The van der Waals surface area contributed by atoms with Crippen LogP contribution < -0.4 is 10.6 Å². The summed E-state index contributed by atoms with van der Waals surface area (Å²) in [5.41, 5.74) is 0. The molecule has 0 aromatic heterocycles. The molecule has 5 heteroatoms. The van der Waals surface area contributed by atoms with Crippen LogP contribution >= 0.6 is 12.4 Å². The van der Waals surface area contributed by atoms with Crippen LogP contribution in [0, 0.1) is 5.92 Å². The van der Waals surface area contributed by atoms with E-state index in [9.17, 15) is 4.79 Å². The lowest BCUT2D eigenvalue weighted by atomic mass is 10.1. The van der Waals surface area contributed by atoms with Crippen LogP contribution in [-0.4, -0.2) is 38.3 Å². The van der Waals surface area contributed by atoms with Gasteiger partial charge in [-0.3, -0.25) is 4.79 Å². The van der Waals surface area contributed by atoms with E-state index in [0.717, 1.165) is 25.9 Å². The van der Waals surface area contributed by atoms with Gasteiger partial charge in [0.05, 0.1) is 13.2 Å². The van der Waals surface area contributed by atoms with E-state index in [2.05, 4.69) is 24.5 Å². The molecule has 0 saturated carbocycles. The van der Waals surface area contributed by atoms with E-state index in [4.69, 9.17) is 4.74 Å². The van der Waals surface area contributed by atoms with Crippen molar-refractivity contribution in [2.24, 2.45) is 5.92 Å². The third-order valence-corrected chi connectivity index (χ3v) is 2.50. The van der Waals surface area contributed by atoms with Crippen LogP contribution in [-0.2, 0) is 9.53 Å². The monoisotopic (exact) mass is 250 g/mol. The highest BCUT2D eigenvalue weighted by atomic mass is 35.5. The Hall–Kier alpha value is -0.320. The van der Waals surface area contributed by atoms with Gasteiger partial charge in [-0.15, -0.1) is 12.4 Å². The average Bonchev–Trinajstić information content (AvgIpc) is 2.25. The van der Waals surface area contributed by atoms with Crippen LogP contribution in [0.2, 0.25) is 0 Å². The van der Waals surface area contributed by atoms with Gasteiger partial charge in [0.25, 0.3) is 0 Å².